The van der Waals surface area contributed by atoms with Crippen LogP contribution in [0.25, 0.3) is 22.3 Å². The van der Waals surface area contributed by atoms with Gasteiger partial charge in [0.05, 0.1) is 0 Å². The molecule has 8 heteroatoms. The molecule has 76 heavy (non-hydrogen) atoms. The third-order valence-electron chi connectivity index (χ3n) is 15.3. The van der Waals surface area contributed by atoms with Gasteiger partial charge in [0.15, 0.2) is 0 Å². The van der Waals surface area contributed by atoms with E-state index in [-0.39, 0.29) is 24.8 Å². The second-order valence-electron chi connectivity index (χ2n) is 20.5. The van der Waals surface area contributed by atoms with Crippen LogP contribution in [-0.4, -0.2) is 12.0 Å². The van der Waals surface area contributed by atoms with Crippen LogP contribution in [0.15, 0.2) is 231 Å². The first-order valence-corrected chi connectivity index (χ1v) is 49.3. The van der Waals surface area contributed by atoms with E-state index in [0.717, 1.165) is 12.8 Å². The molecule has 0 heterocycles. The van der Waals surface area contributed by atoms with E-state index in [9.17, 15) is 0 Å². The van der Waals surface area contributed by atoms with Crippen LogP contribution in [-0.2, 0) is 54.6 Å². The van der Waals surface area contributed by atoms with Crippen LogP contribution in [0.2, 0.25) is 0 Å². The van der Waals surface area contributed by atoms with Crippen LogP contribution in [0.4, 0.5) is 11.4 Å². The first-order valence-electron chi connectivity index (χ1n) is 26.2. The van der Waals surface area contributed by atoms with E-state index >= 15 is 0 Å². The number of fused-ring (bicyclic) bond motifs is 6. The summed E-state index contributed by atoms with van der Waals surface area (Å²) < 4.78 is 12.1. The molecule has 12 rings (SSSR count). The molecule has 0 saturated heterocycles. The number of nitrogens with one attached hydrogen (secondary N) is 2. The van der Waals surface area contributed by atoms with Crippen molar-refractivity contribution in [3.05, 3.63) is 286 Å². The van der Waals surface area contributed by atoms with Crippen molar-refractivity contribution in [1.82, 2.24) is 0 Å². The van der Waals surface area contributed by atoms with Crippen LogP contribution in [0.5, 0.6) is 0 Å². The van der Waals surface area contributed by atoms with E-state index < -0.39 is 53.8 Å². The van der Waals surface area contributed by atoms with Gasteiger partial charge in [-0.15, -0.1) is 0 Å². The minimum Gasteiger partial charge on any atom is -1.00 e. The van der Waals surface area contributed by atoms with Gasteiger partial charge in [0.1, 0.15) is 0 Å². The van der Waals surface area contributed by atoms with E-state index in [2.05, 4.69) is 279 Å². The van der Waals surface area contributed by atoms with E-state index in [1.165, 1.54) is 78.1 Å². The van der Waals surface area contributed by atoms with Crippen molar-refractivity contribution in [3.63, 3.8) is 0 Å². The molecule has 0 amide bonds. The van der Waals surface area contributed by atoms with Crippen LogP contribution >= 0.6 is 0 Å². The average molecular weight is 1390 g/mol. The molecule has 0 spiro atoms. The Morgan fingerprint density at radius 2 is 0.592 bits per heavy atom. The number of hydrogen-bond donors (Lipinski definition) is 2. The third-order valence-corrected chi connectivity index (χ3v) is 66.2. The van der Waals surface area contributed by atoms with Gasteiger partial charge in [-0.3, -0.25) is 0 Å². The number of halogens is 2. The first-order chi connectivity index (χ1) is 36.2. The fraction of sp³-hybridized carbons (Fsp3) is 0.118. The Balaban J connectivity index is 0.000000181. The topological polar surface area (TPSA) is 24.1 Å². The zero-order valence-corrected chi connectivity index (χ0v) is 55.3. The van der Waals surface area contributed by atoms with Crippen molar-refractivity contribution >= 4 is 50.7 Å². The number of rotatable bonds is 12. The van der Waals surface area contributed by atoms with Crippen molar-refractivity contribution in [2.24, 2.45) is 0 Å². The maximum atomic E-state index is 4.39. The summed E-state index contributed by atoms with van der Waals surface area (Å²) in [5, 5.41) is 6.22. The molecule has 2 aliphatic carbocycles. The van der Waals surface area contributed by atoms with Crippen LogP contribution in [0.1, 0.15) is 55.6 Å². The molecular formula is C68H64Cl2Hf2N2Si2. The normalized spacial score (nSPS) is 11.5. The molecule has 10 aromatic carbocycles. The second-order valence-corrected chi connectivity index (χ2v) is 58.4. The molecule has 2 N–H and O–H groups in total. The molecule has 0 fully saturated rings. The standard InChI is InChI=1S/2C13H9.2C12H11Si.2C9H12N.2ClH.2Hf/c2*1-3-7-12-10(5-1)9-11-6-2-4-8-13(11)12;2*1-3-7-11(8-4-1)13-12-9-5-2-6-10-12;2*1-6-4-7(2)9(10)8(3)5-6;;;;/h2*1-5,7-8H,9H2;2*1-10,13H;2*4-5,10H,1-3H3;2*1H;;/q;;;;2*-1;;;2*+2/p-2. The predicted octanol–water partition coefficient (Wildman–Crippen LogP) is 5.99. The Morgan fingerprint density at radius 1 is 0.316 bits per heavy atom. The van der Waals surface area contributed by atoms with Crippen molar-refractivity contribution in [3.8, 4) is 22.3 Å². The van der Waals surface area contributed by atoms with E-state index in [1.807, 2.05) is 0 Å². The fourth-order valence-electron chi connectivity index (χ4n) is 12.1. The van der Waals surface area contributed by atoms with Gasteiger partial charge in [-0.2, -0.15) is 0 Å². The molecule has 10 aromatic rings. The Morgan fingerprint density at radius 3 is 0.908 bits per heavy atom. The van der Waals surface area contributed by atoms with Gasteiger partial charge in [0, 0.05) is 0 Å². The number of hydrogen-bond acceptors (Lipinski definition) is 2. The SMILES string of the molecule is Cc1cc(C)c([NH][Hf+]([c]2cccc3c2Cc2ccccc2-3)[SiH](c2ccccc2)c2ccccc2)c(C)c1.Cc1cc(C)c([NH][Hf+]([c]2cccc3c2Cc2ccccc2-3)[SiH](c2ccccc2)c2ccccc2)c(C)c1.[Cl-].[Cl-]. The maximum absolute atomic E-state index is 4.39. The summed E-state index contributed by atoms with van der Waals surface area (Å²) >= 11 is -5.57. The minimum absolute atomic E-state index is 0. The molecule has 0 aliphatic heterocycles. The molecule has 0 saturated carbocycles. The molecule has 0 unspecified atom stereocenters. The van der Waals surface area contributed by atoms with Gasteiger partial charge >= 0.3 is 462 Å². The number of anilines is 2. The number of aryl methyl sites for hydroxylation is 6. The minimum atomic E-state index is -2.79. The average Bonchev–Trinajstić information content (AvgIpc) is 4.02. The van der Waals surface area contributed by atoms with Crippen molar-refractivity contribution in [2.75, 3.05) is 6.61 Å². The zero-order valence-electron chi connectivity index (χ0n) is 44.3. The van der Waals surface area contributed by atoms with Gasteiger partial charge in [0.25, 0.3) is 0 Å². The van der Waals surface area contributed by atoms with Gasteiger partial charge in [0.2, 0.25) is 0 Å². The summed E-state index contributed by atoms with van der Waals surface area (Å²) in [5.74, 6) is -3.09. The first kappa shape index (κ1) is 55.3. The molecule has 376 valence electrons. The molecule has 2 nitrogen and oxygen atoms in total. The largest absolute Gasteiger partial charge is 1.00 e. The smallest absolute Gasteiger partial charge is 1.00 e. The quantitative estimate of drug-likeness (QED) is 0.147. The fourth-order valence-corrected chi connectivity index (χ4v) is 68.4. The Hall–Kier alpha value is -5.45. The van der Waals surface area contributed by atoms with E-state index in [0.29, 0.717) is 0 Å². The number of benzene rings is 10. The summed E-state index contributed by atoms with van der Waals surface area (Å²) in [7, 11) is 0. The Kier molecular flexibility index (Phi) is 18.1. The maximum Gasteiger partial charge on any atom is -1.00 e. The zero-order chi connectivity index (χ0) is 50.7. The van der Waals surface area contributed by atoms with Gasteiger partial charge in [-0.25, -0.2) is 0 Å². The summed E-state index contributed by atoms with van der Waals surface area (Å²) in [6, 6.07) is 87.2. The molecule has 0 bridgehead atoms. The summed E-state index contributed by atoms with van der Waals surface area (Å²) in [6.45, 7) is 13.5. The Labute approximate surface area is 482 Å². The van der Waals surface area contributed by atoms with Crippen LogP contribution in [0.3, 0.4) is 0 Å². The van der Waals surface area contributed by atoms with Crippen LogP contribution in [0, 0.1) is 41.5 Å². The van der Waals surface area contributed by atoms with Gasteiger partial charge in [-0.05, 0) is 0 Å². The monoisotopic (exact) mass is 1390 g/mol. The third kappa shape index (κ3) is 11.6. The second kappa shape index (κ2) is 24.9. The van der Waals surface area contributed by atoms with E-state index in [4.69, 9.17) is 0 Å². The molecule has 0 aromatic heterocycles. The van der Waals surface area contributed by atoms with Gasteiger partial charge in [-0.1, -0.05) is 0 Å². The van der Waals surface area contributed by atoms with Crippen molar-refractivity contribution in [1.29, 1.82) is 0 Å². The van der Waals surface area contributed by atoms with E-state index in [1.54, 1.807) is 38.5 Å². The van der Waals surface area contributed by atoms with Crippen molar-refractivity contribution in [2.45, 2.75) is 54.4 Å². The molecule has 0 atom stereocenters. The summed E-state index contributed by atoms with van der Waals surface area (Å²) in [5.41, 5.74) is 22.7. The predicted molar refractivity (Wildman–Crippen MR) is 316 cm³/mol. The molecule has 2 aliphatic rings. The van der Waals surface area contributed by atoms with Crippen molar-refractivity contribution < 1.29 is 66.6 Å². The van der Waals surface area contributed by atoms with Gasteiger partial charge < -0.3 is 24.8 Å². The molecular weight excluding hydrogens is 1330 g/mol. The molecule has 0 radical (unpaired) electrons. The Bertz CT molecular complexity index is 3250. The summed E-state index contributed by atoms with van der Waals surface area (Å²) in [6.07, 6.45) is 2.10. The summed E-state index contributed by atoms with van der Waals surface area (Å²) in [4.78, 5) is 0. The van der Waals surface area contributed by atoms with Crippen LogP contribution < -0.4 is 58.8 Å².